The molecule has 1 amide bonds. The van der Waals surface area contributed by atoms with Crippen LogP contribution in [0.15, 0.2) is 42.5 Å². The molecule has 0 spiro atoms. The Labute approximate surface area is 135 Å². The van der Waals surface area contributed by atoms with Gasteiger partial charge in [-0.1, -0.05) is 24.3 Å². The molecule has 0 aliphatic carbocycles. The van der Waals surface area contributed by atoms with Crippen molar-refractivity contribution >= 4 is 5.91 Å². The maximum Gasteiger partial charge on any atom is 0.255 e. The molecule has 1 unspecified atom stereocenters. The lowest BCUT2D eigenvalue weighted by atomic mass is 10.1. The van der Waals surface area contributed by atoms with E-state index < -0.39 is 0 Å². The molecule has 1 atom stereocenters. The molecule has 1 heterocycles. The van der Waals surface area contributed by atoms with Crippen molar-refractivity contribution in [1.82, 2.24) is 5.32 Å². The summed E-state index contributed by atoms with van der Waals surface area (Å²) in [5.74, 6) is 1.65. The molecule has 3 rings (SSSR count). The van der Waals surface area contributed by atoms with Crippen LogP contribution in [0.4, 0.5) is 0 Å². The predicted molar refractivity (Wildman–Crippen MR) is 86.4 cm³/mol. The first-order valence-electron chi connectivity index (χ1n) is 7.46. The largest absolute Gasteiger partial charge is 0.493 e. The molecular weight excluding hydrogens is 294 g/mol. The molecule has 1 aliphatic rings. The Hall–Kier alpha value is -2.69. The van der Waals surface area contributed by atoms with Crippen LogP contribution < -0.4 is 19.5 Å². The second kappa shape index (κ2) is 6.60. The summed E-state index contributed by atoms with van der Waals surface area (Å²) >= 11 is 0. The van der Waals surface area contributed by atoms with E-state index in [2.05, 4.69) is 5.32 Å². The fourth-order valence-electron chi connectivity index (χ4n) is 2.74. The summed E-state index contributed by atoms with van der Waals surface area (Å²) in [4.78, 5) is 12.4. The van der Waals surface area contributed by atoms with Crippen molar-refractivity contribution in [1.29, 1.82) is 0 Å². The Balaban J connectivity index is 1.65. The predicted octanol–water partition coefficient (Wildman–Crippen LogP) is 2.44. The van der Waals surface area contributed by atoms with E-state index in [1.165, 1.54) is 12.7 Å². The van der Waals surface area contributed by atoms with Crippen LogP contribution in [-0.2, 0) is 6.42 Å². The van der Waals surface area contributed by atoms with Crippen LogP contribution in [-0.4, -0.2) is 32.8 Å². The topological polar surface area (TPSA) is 56.8 Å². The number of para-hydroxylation sites is 2. The van der Waals surface area contributed by atoms with Crippen molar-refractivity contribution < 1.29 is 19.0 Å². The molecule has 5 nitrogen and oxygen atoms in total. The molecule has 0 saturated carbocycles. The third kappa shape index (κ3) is 3.08. The molecule has 0 aromatic heterocycles. The van der Waals surface area contributed by atoms with Gasteiger partial charge in [0, 0.05) is 6.42 Å². The van der Waals surface area contributed by atoms with Crippen LogP contribution in [0.5, 0.6) is 17.2 Å². The summed E-state index contributed by atoms with van der Waals surface area (Å²) in [5, 5.41) is 2.90. The smallest absolute Gasteiger partial charge is 0.255 e. The second-order valence-corrected chi connectivity index (χ2v) is 5.30. The highest BCUT2D eigenvalue weighted by atomic mass is 16.5. The van der Waals surface area contributed by atoms with E-state index in [1.54, 1.807) is 25.3 Å². The minimum absolute atomic E-state index is 0.0482. The highest BCUT2D eigenvalue weighted by Gasteiger charge is 2.24. The molecule has 120 valence electrons. The highest BCUT2D eigenvalue weighted by molar-refractivity contribution is 5.97. The number of hydrogen-bond donors (Lipinski definition) is 1. The monoisotopic (exact) mass is 313 g/mol. The number of hydrogen-bond acceptors (Lipinski definition) is 4. The Morgan fingerprint density at radius 1 is 1.17 bits per heavy atom. The lowest BCUT2D eigenvalue weighted by Crippen LogP contribution is -2.34. The summed E-state index contributed by atoms with van der Waals surface area (Å²) in [5.41, 5.74) is 1.62. The fourth-order valence-corrected chi connectivity index (χ4v) is 2.74. The van der Waals surface area contributed by atoms with E-state index in [9.17, 15) is 4.79 Å². The Morgan fingerprint density at radius 2 is 2.00 bits per heavy atom. The number of nitrogens with one attached hydrogen (secondary N) is 1. The molecule has 0 fully saturated rings. The summed E-state index contributed by atoms with van der Waals surface area (Å²) in [7, 11) is 3.06. The van der Waals surface area contributed by atoms with Gasteiger partial charge in [-0.25, -0.2) is 0 Å². The molecule has 23 heavy (non-hydrogen) atoms. The number of fused-ring (bicyclic) bond motifs is 1. The third-order valence-corrected chi connectivity index (χ3v) is 3.85. The Bertz CT molecular complexity index is 689. The first kappa shape index (κ1) is 15.2. The maximum absolute atomic E-state index is 12.4. The van der Waals surface area contributed by atoms with E-state index in [4.69, 9.17) is 14.2 Å². The van der Waals surface area contributed by atoms with Gasteiger partial charge in [-0.2, -0.15) is 0 Å². The van der Waals surface area contributed by atoms with E-state index in [0.29, 0.717) is 23.6 Å². The zero-order valence-electron chi connectivity index (χ0n) is 13.2. The van der Waals surface area contributed by atoms with Gasteiger partial charge in [0.25, 0.3) is 5.91 Å². The highest BCUT2D eigenvalue weighted by Crippen LogP contribution is 2.31. The van der Waals surface area contributed by atoms with Crippen LogP contribution in [0.25, 0.3) is 0 Å². The number of carbonyl (C=O) groups excluding carboxylic acids is 1. The quantitative estimate of drug-likeness (QED) is 0.921. The molecule has 0 saturated heterocycles. The van der Waals surface area contributed by atoms with Crippen LogP contribution in [0.3, 0.4) is 0 Å². The number of amides is 1. The average molecular weight is 313 g/mol. The fraction of sp³-hybridized carbons (Fsp3) is 0.278. The van der Waals surface area contributed by atoms with Crippen LogP contribution in [0, 0.1) is 0 Å². The zero-order valence-corrected chi connectivity index (χ0v) is 13.2. The first-order valence-corrected chi connectivity index (χ1v) is 7.46. The standard InChI is InChI=1S/C18H19NO4/c1-21-16-9-5-7-14(17(16)22-2)18(20)19-11-13-10-12-6-3-4-8-15(12)23-13/h3-9,13H,10-11H2,1-2H3,(H,19,20). The van der Waals surface area contributed by atoms with Crippen LogP contribution in [0.1, 0.15) is 15.9 Å². The maximum atomic E-state index is 12.4. The molecule has 5 heteroatoms. The molecule has 0 radical (unpaired) electrons. The van der Waals surface area contributed by atoms with Crippen molar-refractivity contribution in [3.05, 3.63) is 53.6 Å². The van der Waals surface area contributed by atoms with Crippen LogP contribution >= 0.6 is 0 Å². The van der Waals surface area contributed by atoms with Crippen molar-refractivity contribution in [2.24, 2.45) is 0 Å². The van der Waals surface area contributed by atoms with E-state index >= 15 is 0 Å². The lowest BCUT2D eigenvalue weighted by Gasteiger charge is -2.14. The van der Waals surface area contributed by atoms with E-state index in [1.807, 2.05) is 24.3 Å². The van der Waals surface area contributed by atoms with Gasteiger partial charge in [-0.05, 0) is 23.8 Å². The summed E-state index contributed by atoms with van der Waals surface area (Å²) < 4.78 is 16.3. The molecule has 2 aromatic carbocycles. The Kier molecular flexibility index (Phi) is 4.37. The average Bonchev–Trinajstić information content (AvgIpc) is 3.01. The number of methoxy groups -OCH3 is 2. The van der Waals surface area contributed by atoms with Crippen molar-refractivity contribution in [3.63, 3.8) is 0 Å². The third-order valence-electron chi connectivity index (χ3n) is 3.85. The Morgan fingerprint density at radius 3 is 2.74 bits per heavy atom. The van der Waals surface area contributed by atoms with Gasteiger partial charge in [0.15, 0.2) is 11.5 Å². The zero-order chi connectivity index (χ0) is 16.2. The summed E-state index contributed by atoms with van der Waals surface area (Å²) in [6.07, 6.45) is 0.749. The number of benzene rings is 2. The van der Waals surface area contributed by atoms with Gasteiger partial charge < -0.3 is 19.5 Å². The van der Waals surface area contributed by atoms with E-state index in [-0.39, 0.29) is 12.0 Å². The summed E-state index contributed by atoms with van der Waals surface area (Å²) in [6.45, 7) is 0.438. The van der Waals surface area contributed by atoms with Crippen molar-refractivity contribution in [2.45, 2.75) is 12.5 Å². The lowest BCUT2D eigenvalue weighted by molar-refractivity contribution is 0.0930. The molecule has 2 aromatic rings. The molecule has 1 aliphatic heterocycles. The second-order valence-electron chi connectivity index (χ2n) is 5.30. The summed E-state index contributed by atoms with van der Waals surface area (Å²) in [6, 6.07) is 13.2. The normalized spacial score (nSPS) is 15.5. The van der Waals surface area contributed by atoms with Gasteiger partial charge in [-0.3, -0.25) is 4.79 Å². The van der Waals surface area contributed by atoms with Crippen LogP contribution in [0.2, 0.25) is 0 Å². The minimum Gasteiger partial charge on any atom is -0.493 e. The van der Waals surface area contributed by atoms with Gasteiger partial charge in [0.05, 0.1) is 26.3 Å². The number of rotatable bonds is 5. The van der Waals surface area contributed by atoms with Gasteiger partial charge in [0.1, 0.15) is 11.9 Å². The minimum atomic E-state index is -0.208. The number of carbonyl (C=O) groups is 1. The SMILES string of the molecule is COc1cccc(C(=O)NCC2Cc3ccccc3O2)c1OC. The van der Waals surface area contributed by atoms with Gasteiger partial charge in [-0.15, -0.1) is 0 Å². The number of ether oxygens (including phenoxy) is 3. The molecule has 1 N–H and O–H groups in total. The van der Waals surface area contributed by atoms with Crippen molar-refractivity contribution in [2.75, 3.05) is 20.8 Å². The van der Waals surface area contributed by atoms with Crippen molar-refractivity contribution in [3.8, 4) is 17.2 Å². The molecular formula is C18H19NO4. The van der Waals surface area contributed by atoms with E-state index in [0.717, 1.165) is 12.2 Å². The molecule has 0 bridgehead atoms. The van der Waals surface area contributed by atoms with Gasteiger partial charge in [0.2, 0.25) is 0 Å². The first-order chi connectivity index (χ1) is 11.2. The van der Waals surface area contributed by atoms with Gasteiger partial charge >= 0.3 is 0 Å².